The molecule has 1 atom stereocenters. The second kappa shape index (κ2) is 8.91. The molecule has 0 amide bonds. The number of carbonyl (C=O) groups excluding carboxylic acids is 1. The van der Waals surface area contributed by atoms with Crippen molar-refractivity contribution in [1.82, 2.24) is 14.8 Å². The number of phenols is 1. The summed E-state index contributed by atoms with van der Waals surface area (Å²) < 4.78 is 12.8. The maximum atomic E-state index is 13.1. The number of nitrogens with zero attached hydrogens (tertiary/aromatic N) is 3. The number of rotatable bonds is 7. The van der Waals surface area contributed by atoms with Gasteiger partial charge < -0.3 is 19.9 Å². The van der Waals surface area contributed by atoms with Gasteiger partial charge in [0.1, 0.15) is 12.4 Å². The lowest BCUT2D eigenvalue weighted by Gasteiger charge is -2.28. The molecule has 0 spiro atoms. The number of phenolic OH excluding ortho intramolecular Hbond substituents is 1. The molecule has 1 aliphatic heterocycles. The summed E-state index contributed by atoms with van der Waals surface area (Å²) in [6.07, 6.45) is 2.05. The lowest BCUT2D eigenvalue weighted by molar-refractivity contribution is -0.139. The minimum absolute atomic E-state index is 0.0334. The molecular weight excluding hydrogens is 396 g/mol. The minimum Gasteiger partial charge on any atom is -0.504 e. The first kappa shape index (κ1) is 20.5. The van der Waals surface area contributed by atoms with E-state index in [4.69, 9.17) is 9.47 Å². The van der Waals surface area contributed by atoms with E-state index >= 15 is 0 Å². The third kappa shape index (κ3) is 4.23. The smallest absolute Gasteiger partial charge is 0.338 e. The fourth-order valence-corrected chi connectivity index (χ4v) is 3.62. The van der Waals surface area contributed by atoms with Gasteiger partial charge in [0.05, 0.1) is 18.8 Å². The van der Waals surface area contributed by atoms with E-state index in [0.29, 0.717) is 36.0 Å². The number of anilines is 1. The summed E-state index contributed by atoms with van der Waals surface area (Å²) in [4.78, 5) is 17.4. The van der Waals surface area contributed by atoms with Crippen LogP contribution >= 0.6 is 0 Å². The topological polar surface area (TPSA) is 98.5 Å². The molecule has 160 valence electrons. The third-order valence-electron chi connectivity index (χ3n) is 5.08. The molecule has 1 aliphatic rings. The lowest BCUT2D eigenvalue weighted by Crippen LogP contribution is -2.30. The van der Waals surface area contributed by atoms with Crippen molar-refractivity contribution in [1.29, 1.82) is 0 Å². The van der Waals surface area contributed by atoms with Gasteiger partial charge in [0.2, 0.25) is 5.95 Å². The Labute approximate surface area is 180 Å². The fourth-order valence-electron chi connectivity index (χ4n) is 3.62. The predicted octanol–water partition coefficient (Wildman–Crippen LogP) is 3.46. The molecule has 2 N–H and O–H groups in total. The molecule has 8 nitrogen and oxygen atoms in total. The maximum absolute atomic E-state index is 13.1. The number of hydrogen-bond acceptors (Lipinski definition) is 7. The SMILES string of the molecule is CCOc1cc([C@@H]2C(C(=O)OCCc3ccccc3)=C(C)Nc3ncnn32)ccc1O. The molecule has 0 saturated heterocycles. The largest absolute Gasteiger partial charge is 0.504 e. The Kier molecular flexibility index (Phi) is 5.88. The van der Waals surface area contributed by atoms with Crippen LogP contribution in [0.15, 0.2) is 66.1 Å². The number of carbonyl (C=O) groups is 1. The van der Waals surface area contributed by atoms with Crippen LogP contribution in [0, 0.1) is 0 Å². The summed E-state index contributed by atoms with van der Waals surface area (Å²) in [5, 5.41) is 17.5. The number of hydrogen-bond donors (Lipinski definition) is 2. The molecule has 3 aromatic rings. The van der Waals surface area contributed by atoms with E-state index in [1.165, 1.54) is 6.33 Å². The first-order valence-electron chi connectivity index (χ1n) is 10.1. The van der Waals surface area contributed by atoms with E-state index in [2.05, 4.69) is 15.4 Å². The summed E-state index contributed by atoms with van der Waals surface area (Å²) in [6, 6.07) is 14.3. The van der Waals surface area contributed by atoms with Crippen LogP contribution in [0.4, 0.5) is 5.95 Å². The van der Waals surface area contributed by atoms with E-state index in [0.717, 1.165) is 11.1 Å². The molecule has 0 saturated carbocycles. The van der Waals surface area contributed by atoms with Gasteiger partial charge in [-0.3, -0.25) is 0 Å². The van der Waals surface area contributed by atoms with E-state index < -0.39 is 12.0 Å². The van der Waals surface area contributed by atoms with Crippen molar-refractivity contribution in [3.8, 4) is 11.5 Å². The molecule has 4 rings (SSSR count). The van der Waals surface area contributed by atoms with Gasteiger partial charge in [0, 0.05) is 12.1 Å². The number of allylic oxidation sites excluding steroid dienone is 1. The van der Waals surface area contributed by atoms with Gasteiger partial charge >= 0.3 is 5.97 Å². The van der Waals surface area contributed by atoms with E-state index in [1.54, 1.807) is 22.9 Å². The zero-order valence-electron chi connectivity index (χ0n) is 17.4. The number of aromatic nitrogens is 3. The molecule has 2 heterocycles. The van der Waals surface area contributed by atoms with Crippen LogP contribution in [0.2, 0.25) is 0 Å². The van der Waals surface area contributed by atoms with Crippen molar-refractivity contribution in [2.45, 2.75) is 26.3 Å². The van der Waals surface area contributed by atoms with Crippen LogP contribution in [0.3, 0.4) is 0 Å². The van der Waals surface area contributed by atoms with E-state index in [1.807, 2.05) is 44.2 Å². The third-order valence-corrected chi connectivity index (χ3v) is 5.08. The van der Waals surface area contributed by atoms with Gasteiger partial charge in [-0.1, -0.05) is 36.4 Å². The van der Waals surface area contributed by atoms with Crippen LogP contribution in [-0.4, -0.2) is 39.1 Å². The molecule has 31 heavy (non-hydrogen) atoms. The molecule has 0 radical (unpaired) electrons. The van der Waals surface area contributed by atoms with Crippen LogP contribution in [0.1, 0.15) is 31.0 Å². The Morgan fingerprint density at radius 3 is 2.81 bits per heavy atom. The number of nitrogens with one attached hydrogen (secondary N) is 1. The number of aromatic hydroxyl groups is 1. The quantitative estimate of drug-likeness (QED) is 0.565. The van der Waals surface area contributed by atoms with Gasteiger partial charge in [0.25, 0.3) is 0 Å². The number of fused-ring (bicyclic) bond motifs is 1. The highest BCUT2D eigenvalue weighted by atomic mass is 16.5. The van der Waals surface area contributed by atoms with Crippen LogP contribution in [0.25, 0.3) is 0 Å². The van der Waals surface area contributed by atoms with Gasteiger partial charge in [-0.2, -0.15) is 10.1 Å². The van der Waals surface area contributed by atoms with Crippen LogP contribution < -0.4 is 10.1 Å². The average Bonchev–Trinajstić information content (AvgIpc) is 3.23. The summed E-state index contributed by atoms with van der Waals surface area (Å²) in [6.45, 7) is 4.31. The molecule has 0 unspecified atom stereocenters. The zero-order chi connectivity index (χ0) is 21.8. The Morgan fingerprint density at radius 1 is 1.23 bits per heavy atom. The van der Waals surface area contributed by atoms with Gasteiger partial charge in [-0.25, -0.2) is 9.48 Å². The number of esters is 1. The highest BCUT2D eigenvalue weighted by Gasteiger charge is 2.34. The Balaban J connectivity index is 1.63. The molecular formula is C23H24N4O4. The number of benzene rings is 2. The fraction of sp³-hybridized carbons (Fsp3) is 0.261. The Bertz CT molecular complexity index is 1110. The first-order chi connectivity index (χ1) is 15.1. The zero-order valence-corrected chi connectivity index (χ0v) is 17.4. The lowest BCUT2D eigenvalue weighted by atomic mass is 9.95. The average molecular weight is 420 g/mol. The highest BCUT2D eigenvalue weighted by Crippen LogP contribution is 2.38. The van der Waals surface area contributed by atoms with Gasteiger partial charge in [-0.15, -0.1) is 0 Å². The Morgan fingerprint density at radius 2 is 2.03 bits per heavy atom. The monoisotopic (exact) mass is 420 g/mol. The second-order valence-corrected chi connectivity index (χ2v) is 7.13. The summed E-state index contributed by atoms with van der Waals surface area (Å²) in [5.41, 5.74) is 2.89. The van der Waals surface area contributed by atoms with Crippen molar-refractivity contribution in [3.05, 3.63) is 77.3 Å². The maximum Gasteiger partial charge on any atom is 0.338 e. The van der Waals surface area contributed by atoms with Crippen LogP contribution in [-0.2, 0) is 16.0 Å². The van der Waals surface area contributed by atoms with Crippen molar-refractivity contribution < 1.29 is 19.4 Å². The van der Waals surface area contributed by atoms with Crippen molar-refractivity contribution in [2.24, 2.45) is 0 Å². The van der Waals surface area contributed by atoms with Gasteiger partial charge in [0.15, 0.2) is 11.5 Å². The Hall–Kier alpha value is -3.81. The molecule has 0 fully saturated rings. The predicted molar refractivity (Wildman–Crippen MR) is 115 cm³/mol. The van der Waals surface area contributed by atoms with Crippen molar-refractivity contribution >= 4 is 11.9 Å². The molecule has 2 aromatic carbocycles. The van der Waals surface area contributed by atoms with Crippen LogP contribution in [0.5, 0.6) is 11.5 Å². The summed E-state index contributed by atoms with van der Waals surface area (Å²) in [5.74, 6) is 0.466. The second-order valence-electron chi connectivity index (χ2n) is 7.13. The van der Waals surface area contributed by atoms with E-state index in [9.17, 15) is 9.90 Å². The van der Waals surface area contributed by atoms with E-state index in [-0.39, 0.29) is 12.4 Å². The molecule has 0 aliphatic carbocycles. The molecule has 1 aromatic heterocycles. The molecule has 8 heteroatoms. The number of ether oxygens (including phenoxy) is 2. The molecule has 0 bridgehead atoms. The van der Waals surface area contributed by atoms with Crippen molar-refractivity contribution in [3.63, 3.8) is 0 Å². The van der Waals surface area contributed by atoms with Gasteiger partial charge in [-0.05, 0) is 37.1 Å². The highest BCUT2D eigenvalue weighted by molar-refractivity contribution is 5.92. The van der Waals surface area contributed by atoms with Crippen molar-refractivity contribution in [2.75, 3.05) is 18.5 Å². The summed E-state index contributed by atoms with van der Waals surface area (Å²) >= 11 is 0. The standard InChI is InChI=1S/C23H24N4O4/c1-3-30-19-13-17(9-10-18(19)28)21-20(15(2)26-23-24-14-25-27(21)23)22(29)31-12-11-16-7-5-4-6-8-16/h4-10,13-14,21,28H,3,11-12H2,1-2H3,(H,24,25,26)/t21-/m1/s1. The normalized spacial score (nSPS) is 15.2. The first-order valence-corrected chi connectivity index (χ1v) is 10.1. The summed E-state index contributed by atoms with van der Waals surface area (Å²) in [7, 11) is 0. The minimum atomic E-state index is -0.567.